The summed E-state index contributed by atoms with van der Waals surface area (Å²) in [7, 11) is 0. The Hall–Kier alpha value is -1.07. The van der Waals surface area contributed by atoms with Gasteiger partial charge in [-0.1, -0.05) is 20.8 Å². The van der Waals surface area contributed by atoms with Crippen LogP contribution in [0, 0.1) is 5.92 Å². The van der Waals surface area contributed by atoms with Crippen LogP contribution in [0.15, 0.2) is 10.7 Å². The van der Waals surface area contributed by atoms with Crippen LogP contribution in [-0.2, 0) is 11.3 Å². The maximum absolute atomic E-state index is 5.61. The average Bonchev–Trinajstić information content (AvgIpc) is 2.87. The summed E-state index contributed by atoms with van der Waals surface area (Å²) in [6.45, 7) is 10.7. The summed E-state index contributed by atoms with van der Waals surface area (Å²) >= 11 is 0. The zero-order valence-electron chi connectivity index (χ0n) is 12.2. The van der Waals surface area contributed by atoms with Gasteiger partial charge in [-0.05, 0) is 18.9 Å². The molecule has 0 aromatic carbocycles. The number of nitrogens with one attached hydrogen (secondary N) is 1. The molecule has 0 spiro atoms. The first-order valence-electron chi connectivity index (χ1n) is 7.20. The van der Waals surface area contributed by atoms with Crippen molar-refractivity contribution in [3.63, 3.8) is 0 Å². The summed E-state index contributed by atoms with van der Waals surface area (Å²) in [5.41, 5.74) is 0.969. The Labute approximate surface area is 115 Å². The van der Waals surface area contributed by atoms with Crippen LogP contribution in [0.25, 0.3) is 0 Å². The zero-order valence-corrected chi connectivity index (χ0v) is 12.2. The number of nitrogens with zero attached hydrogens (tertiary/aromatic N) is 2. The molecule has 1 aromatic heterocycles. The van der Waals surface area contributed by atoms with Crippen molar-refractivity contribution in [2.75, 3.05) is 31.2 Å². The number of oxazole rings is 1. The molecular weight excluding hydrogens is 242 g/mol. The van der Waals surface area contributed by atoms with Crippen LogP contribution in [0.2, 0.25) is 0 Å². The maximum atomic E-state index is 5.61. The smallest absolute Gasteiger partial charge is 0.297 e. The number of hydrogen-bond acceptors (Lipinski definition) is 5. The van der Waals surface area contributed by atoms with Crippen molar-refractivity contribution in [2.45, 2.75) is 39.8 Å². The van der Waals surface area contributed by atoms with E-state index < -0.39 is 0 Å². The van der Waals surface area contributed by atoms with E-state index in [2.05, 4.69) is 36.0 Å². The van der Waals surface area contributed by atoms with E-state index >= 15 is 0 Å². The molecule has 1 aliphatic heterocycles. The summed E-state index contributed by atoms with van der Waals surface area (Å²) in [6.07, 6.45) is 2.80. The van der Waals surface area contributed by atoms with Crippen molar-refractivity contribution >= 4 is 6.01 Å². The second-order valence-electron chi connectivity index (χ2n) is 5.48. The molecule has 108 valence electrons. The Morgan fingerprint density at radius 3 is 3.11 bits per heavy atom. The quantitative estimate of drug-likeness (QED) is 0.854. The van der Waals surface area contributed by atoms with Crippen LogP contribution in [0.5, 0.6) is 0 Å². The molecule has 0 radical (unpaired) electrons. The van der Waals surface area contributed by atoms with Crippen LogP contribution in [0.4, 0.5) is 6.01 Å². The maximum Gasteiger partial charge on any atom is 0.297 e. The minimum absolute atomic E-state index is 0.379. The molecule has 2 rings (SSSR count). The largest absolute Gasteiger partial charge is 0.432 e. The minimum Gasteiger partial charge on any atom is -0.432 e. The second-order valence-corrected chi connectivity index (χ2v) is 5.48. The lowest BCUT2D eigenvalue weighted by atomic mass is 10.2. The van der Waals surface area contributed by atoms with Crippen LogP contribution in [0.3, 0.4) is 0 Å². The van der Waals surface area contributed by atoms with Gasteiger partial charge in [-0.15, -0.1) is 0 Å². The highest BCUT2D eigenvalue weighted by Crippen LogP contribution is 2.20. The summed E-state index contributed by atoms with van der Waals surface area (Å²) in [4.78, 5) is 6.79. The van der Waals surface area contributed by atoms with Crippen molar-refractivity contribution in [1.82, 2.24) is 10.3 Å². The third kappa shape index (κ3) is 3.94. The molecule has 1 fully saturated rings. The Morgan fingerprint density at radius 2 is 2.37 bits per heavy atom. The Balaban J connectivity index is 1.91. The topological polar surface area (TPSA) is 50.5 Å². The highest BCUT2D eigenvalue weighted by atomic mass is 16.5. The molecule has 0 aliphatic carbocycles. The van der Waals surface area contributed by atoms with E-state index in [1.807, 2.05) is 0 Å². The van der Waals surface area contributed by atoms with Crippen molar-refractivity contribution < 1.29 is 9.15 Å². The minimum atomic E-state index is 0.379. The molecule has 1 unspecified atom stereocenters. The monoisotopic (exact) mass is 267 g/mol. The predicted octanol–water partition coefficient (Wildman–Crippen LogP) is 2.04. The number of anilines is 1. The van der Waals surface area contributed by atoms with E-state index in [4.69, 9.17) is 9.15 Å². The molecule has 0 bridgehead atoms. The van der Waals surface area contributed by atoms with Crippen LogP contribution < -0.4 is 10.2 Å². The summed E-state index contributed by atoms with van der Waals surface area (Å²) in [5.74, 6) is 0.648. The molecule has 1 N–H and O–H groups in total. The molecule has 1 aromatic rings. The fourth-order valence-corrected chi connectivity index (χ4v) is 2.24. The molecule has 19 heavy (non-hydrogen) atoms. The number of morpholine rings is 1. The van der Waals surface area contributed by atoms with E-state index in [1.165, 1.54) is 0 Å². The fraction of sp³-hybridized carbons (Fsp3) is 0.786. The highest BCUT2D eigenvalue weighted by molar-refractivity contribution is 5.29. The molecule has 0 amide bonds. The predicted molar refractivity (Wildman–Crippen MR) is 75.3 cm³/mol. The molecule has 5 heteroatoms. The summed E-state index contributed by atoms with van der Waals surface area (Å²) in [5, 5.41) is 3.38. The molecule has 1 saturated heterocycles. The van der Waals surface area contributed by atoms with E-state index in [1.54, 1.807) is 6.26 Å². The van der Waals surface area contributed by atoms with E-state index in [-0.39, 0.29) is 0 Å². The summed E-state index contributed by atoms with van der Waals surface area (Å²) < 4.78 is 11.1. The first-order valence-corrected chi connectivity index (χ1v) is 7.20. The van der Waals surface area contributed by atoms with Crippen LogP contribution in [-0.4, -0.2) is 37.3 Å². The third-order valence-electron chi connectivity index (χ3n) is 3.34. The normalized spacial score (nSPS) is 20.2. The molecular formula is C14H25N3O2. The van der Waals surface area contributed by atoms with Gasteiger partial charge in [0.2, 0.25) is 0 Å². The molecule has 2 heterocycles. The van der Waals surface area contributed by atoms with Gasteiger partial charge < -0.3 is 19.4 Å². The zero-order chi connectivity index (χ0) is 13.7. The Morgan fingerprint density at radius 1 is 1.53 bits per heavy atom. The van der Waals surface area contributed by atoms with Gasteiger partial charge in [0.15, 0.2) is 0 Å². The molecule has 1 atom stereocenters. The fourth-order valence-electron chi connectivity index (χ4n) is 2.24. The van der Waals surface area contributed by atoms with Gasteiger partial charge in [0.1, 0.15) is 6.26 Å². The number of ether oxygens (including phenoxy) is 1. The average molecular weight is 267 g/mol. The summed E-state index contributed by atoms with van der Waals surface area (Å²) in [6, 6.07) is 1.11. The van der Waals surface area contributed by atoms with E-state index in [0.29, 0.717) is 12.0 Å². The molecule has 5 nitrogen and oxygen atoms in total. The number of rotatable bonds is 6. The van der Waals surface area contributed by atoms with Gasteiger partial charge in [-0.25, -0.2) is 0 Å². The lowest BCUT2D eigenvalue weighted by Gasteiger charge is -2.33. The lowest BCUT2D eigenvalue weighted by Crippen LogP contribution is -2.45. The van der Waals surface area contributed by atoms with Gasteiger partial charge in [-0.3, -0.25) is 0 Å². The van der Waals surface area contributed by atoms with E-state index in [0.717, 1.165) is 51.0 Å². The lowest BCUT2D eigenvalue weighted by molar-refractivity contribution is 0.0901. The van der Waals surface area contributed by atoms with Gasteiger partial charge in [0.05, 0.1) is 24.9 Å². The van der Waals surface area contributed by atoms with Gasteiger partial charge in [0, 0.05) is 13.1 Å². The first-order chi connectivity index (χ1) is 9.20. The third-order valence-corrected chi connectivity index (χ3v) is 3.34. The van der Waals surface area contributed by atoms with Gasteiger partial charge in [0.25, 0.3) is 6.01 Å². The van der Waals surface area contributed by atoms with Gasteiger partial charge in [-0.2, -0.15) is 4.98 Å². The SMILES string of the molecule is CCC1COCCN1c1nc(CNCC(C)C)co1. The van der Waals surface area contributed by atoms with Crippen molar-refractivity contribution in [3.8, 4) is 0 Å². The Bertz CT molecular complexity index is 379. The van der Waals surface area contributed by atoms with Crippen molar-refractivity contribution in [3.05, 3.63) is 12.0 Å². The molecule has 0 saturated carbocycles. The highest BCUT2D eigenvalue weighted by Gasteiger charge is 2.25. The van der Waals surface area contributed by atoms with E-state index in [9.17, 15) is 0 Å². The number of aromatic nitrogens is 1. The standard InChI is InChI=1S/C14H25N3O2/c1-4-13-10-18-6-5-17(13)14-16-12(9-19-14)8-15-7-11(2)3/h9,11,13,15H,4-8,10H2,1-3H3. The van der Waals surface area contributed by atoms with Crippen molar-refractivity contribution in [1.29, 1.82) is 0 Å². The Kier molecular flexibility index (Phi) is 5.22. The van der Waals surface area contributed by atoms with Crippen LogP contribution >= 0.6 is 0 Å². The molecule has 1 aliphatic rings. The number of hydrogen-bond donors (Lipinski definition) is 1. The first kappa shape index (κ1) is 14.3. The van der Waals surface area contributed by atoms with Gasteiger partial charge >= 0.3 is 0 Å². The second kappa shape index (κ2) is 6.91. The van der Waals surface area contributed by atoms with Crippen molar-refractivity contribution in [2.24, 2.45) is 5.92 Å². The van der Waals surface area contributed by atoms with Crippen LogP contribution in [0.1, 0.15) is 32.9 Å².